The van der Waals surface area contributed by atoms with Gasteiger partial charge in [-0.25, -0.2) is 8.78 Å². The van der Waals surface area contributed by atoms with Gasteiger partial charge >= 0.3 is 58.4 Å². The van der Waals surface area contributed by atoms with E-state index in [2.05, 4.69) is 0 Å². The number of hydrogen-bond acceptors (Lipinski definition) is 0. The largest absolute Gasteiger partial charge is 1.00 e. The van der Waals surface area contributed by atoms with Crippen LogP contribution in [0.15, 0.2) is 18.2 Å². The molecule has 0 heterocycles. The number of rotatable bonds is 2. The molecular weight excluding hydrogens is 264 g/mol. The summed E-state index contributed by atoms with van der Waals surface area (Å²) in [6.07, 6.45) is -3.15. The molecule has 0 aromatic heterocycles. The Hall–Kier alpha value is 0.861. The van der Waals surface area contributed by atoms with Crippen LogP contribution in [0.5, 0.6) is 0 Å². The molecule has 15 heavy (non-hydrogen) atoms. The first kappa shape index (κ1) is 15.9. The molecule has 0 amide bonds. The van der Waals surface area contributed by atoms with Crippen LogP contribution in [0.1, 0.15) is 12.0 Å². The maximum atomic E-state index is 12.3. The van der Waals surface area contributed by atoms with Crippen LogP contribution in [0, 0.1) is 0 Å². The summed E-state index contributed by atoms with van der Waals surface area (Å²) < 4.78 is 61.1. The van der Waals surface area contributed by atoms with Crippen molar-refractivity contribution >= 4 is 24.0 Å². The molecule has 0 nitrogen and oxygen atoms in total. The van der Waals surface area contributed by atoms with Crippen molar-refractivity contribution in [2.24, 2.45) is 0 Å². The second-order valence-corrected chi connectivity index (χ2v) is 3.09. The summed E-state index contributed by atoms with van der Waals surface area (Å²) in [5.74, 6) is 0. The molecule has 1 aromatic carbocycles. The van der Waals surface area contributed by atoms with Gasteiger partial charge in [-0.3, -0.25) is 0 Å². The van der Waals surface area contributed by atoms with E-state index < -0.39 is 24.4 Å². The second kappa shape index (κ2) is 5.97. The Morgan fingerprint density at radius 1 is 1.13 bits per heavy atom. The van der Waals surface area contributed by atoms with Crippen LogP contribution in [0.3, 0.4) is 0 Å². The minimum atomic E-state index is -5.45. The van der Waals surface area contributed by atoms with Crippen molar-refractivity contribution < 1.29 is 73.1 Å². The molecule has 8 heteroatoms. The van der Waals surface area contributed by atoms with Gasteiger partial charge in [0.25, 0.3) is 6.43 Å². The smallest absolute Gasteiger partial charge is 0.445 e. The van der Waals surface area contributed by atoms with Crippen LogP contribution in [0.2, 0.25) is 5.02 Å². The fourth-order valence-electron chi connectivity index (χ4n) is 1.03. The molecule has 0 fully saturated rings. The third-order valence-electron chi connectivity index (χ3n) is 1.64. The van der Waals surface area contributed by atoms with Gasteiger partial charge < -0.3 is 12.9 Å². The van der Waals surface area contributed by atoms with Gasteiger partial charge in [-0.1, -0.05) is 29.2 Å². The molecule has 0 unspecified atom stereocenters. The molecule has 0 atom stereocenters. The van der Waals surface area contributed by atoms with E-state index in [0.717, 1.165) is 6.07 Å². The van der Waals surface area contributed by atoms with E-state index in [4.69, 9.17) is 11.6 Å². The predicted molar refractivity (Wildman–Crippen MR) is 45.1 cm³/mol. The summed E-state index contributed by atoms with van der Waals surface area (Å²) in [5.41, 5.74) is -2.35. The Kier molecular flexibility index (Phi) is 6.32. The molecule has 0 aliphatic rings. The Morgan fingerprint density at radius 3 is 2.07 bits per heavy atom. The third-order valence-corrected chi connectivity index (χ3v) is 1.87. The molecule has 0 aliphatic heterocycles. The fourth-order valence-corrected chi connectivity index (χ4v) is 1.21. The second-order valence-electron chi connectivity index (χ2n) is 2.65. The van der Waals surface area contributed by atoms with E-state index in [-0.39, 0.29) is 56.4 Å². The van der Waals surface area contributed by atoms with Crippen molar-refractivity contribution in [2.75, 3.05) is 0 Å². The van der Waals surface area contributed by atoms with Crippen LogP contribution >= 0.6 is 11.6 Å². The molecule has 0 radical (unpaired) electrons. The van der Waals surface area contributed by atoms with Crippen molar-refractivity contribution in [3.63, 3.8) is 0 Å². The summed E-state index contributed by atoms with van der Waals surface area (Å²) in [6, 6.07) is 2.22. The first-order valence-corrected chi connectivity index (χ1v) is 3.97. The topological polar surface area (TPSA) is 0 Å². The molecule has 0 bridgehead atoms. The summed E-state index contributed by atoms with van der Waals surface area (Å²) >= 11 is 5.29. The molecule has 0 N–H and O–H groups in total. The van der Waals surface area contributed by atoms with Gasteiger partial charge in [0.15, 0.2) is 0 Å². The molecule has 78 valence electrons. The van der Waals surface area contributed by atoms with E-state index >= 15 is 0 Å². The molecule has 0 spiro atoms. The summed E-state index contributed by atoms with van der Waals surface area (Å²) in [6.45, 7) is -5.45. The molecule has 0 saturated carbocycles. The SMILES string of the molecule is FC(F)c1ccc(Cl)cc1[B-](F)(F)F.[K+]. The number of benzene rings is 1. The average molecular weight is 268 g/mol. The minimum absolute atomic E-state index is 0. The minimum Gasteiger partial charge on any atom is -0.445 e. The maximum absolute atomic E-state index is 12.3. The fraction of sp³-hybridized carbons (Fsp3) is 0.143. The van der Waals surface area contributed by atoms with E-state index in [1.165, 1.54) is 0 Å². The van der Waals surface area contributed by atoms with Gasteiger partial charge in [0.05, 0.1) is 0 Å². The summed E-state index contributed by atoms with van der Waals surface area (Å²) in [7, 11) is 0. The molecular formula is C7H4BClF5K. The first-order valence-electron chi connectivity index (χ1n) is 3.60. The zero-order chi connectivity index (χ0) is 10.9. The summed E-state index contributed by atoms with van der Waals surface area (Å²) in [5, 5.41) is -0.205. The quantitative estimate of drug-likeness (QED) is 0.536. The number of hydrogen-bond donors (Lipinski definition) is 0. The molecule has 1 aromatic rings. The van der Waals surface area contributed by atoms with Gasteiger partial charge in [-0.05, 0) is 11.6 Å². The standard InChI is InChI=1S/C7H4BClF5.K/c9-4-1-2-5(7(10)11)6(3-4)8(12,13)14;/h1-3,7H;/q-1;+1. The zero-order valence-electron chi connectivity index (χ0n) is 7.65. The predicted octanol–water partition coefficient (Wildman–Crippen LogP) is 0.336. The Labute approximate surface area is 131 Å². The Morgan fingerprint density at radius 2 is 1.67 bits per heavy atom. The van der Waals surface area contributed by atoms with Gasteiger partial charge in [-0.15, -0.1) is 0 Å². The number of alkyl halides is 2. The monoisotopic (exact) mass is 268 g/mol. The average Bonchev–Trinajstić information content (AvgIpc) is 2.01. The van der Waals surface area contributed by atoms with E-state index in [1.807, 2.05) is 0 Å². The Bertz CT molecular complexity index is 341. The summed E-state index contributed by atoms with van der Waals surface area (Å²) in [4.78, 5) is 0. The van der Waals surface area contributed by atoms with E-state index in [0.29, 0.717) is 12.1 Å². The van der Waals surface area contributed by atoms with Gasteiger partial charge in [-0.2, -0.15) is 0 Å². The van der Waals surface area contributed by atoms with Crippen LogP contribution in [-0.2, 0) is 0 Å². The zero-order valence-corrected chi connectivity index (χ0v) is 11.5. The normalized spacial score (nSPS) is 11.4. The maximum Gasteiger partial charge on any atom is 1.00 e. The van der Waals surface area contributed by atoms with Crippen molar-refractivity contribution in [1.29, 1.82) is 0 Å². The van der Waals surface area contributed by atoms with Gasteiger partial charge in [0, 0.05) is 5.02 Å². The number of halogens is 6. The Balaban J connectivity index is 0.00000196. The van der Waals surface area contributed by atoms with Crippen LogP contribution in [0.25, 0.3) is 0 Å². The molecule has 0 saturated heterocycles. The van der Waals surface area contributed by atoms with Crippen molar-refractivity contribution in [3.8, 4) is 0 Å². The molecule has 0 aliphatic carbocycles. The van der Waals surface area contributed by atoms with Gasteiger partial charge in [0.1, 0.15) is 0 Å². The van der Waals surface area contributed by atoms with Crippen molar-refractivity contribution in [1.82, 2.24) is 0 Å². The molecule has 1 rings (SSSR count). The van der Waals surface area contributed by atoms with E-state index in [1.54, 1.807) is 0 Å². The third kappa shape index (κ3) is 4.32. The van der Waals surface area contributed by atoms with Crippen LogP contribution in [0.4, 0.5) is 21.7 Å². The van der Waals surface area contributed by atoms with Crippen molar-refractivity contribution in [2.45, 2.75) is 6.43 Å². The van der Waals surface area contributed by atoms with Crippen LogP contribution < -0.4 is 56.8 Å². The van der Waals surface area contributed by atoms with Crippen molar-refractivity contribution in [3.05, 3.63) is 28.8 Å². The van der Waals surface area contributed by atoms with Gasteiger partial charge in [0.2, 0.25) is 0 Å². The van der Waals surface area contributed by atoms with E-state index in [9.17, 15) is 21.7 Å². The van der Waals surface area contributed by atoms with Crippen LogP contribution in [-0.4, -0.2) is 6.98 Å². The first-order chi connectivity index (χ1) is 6.32.